The summed E-state index contributed by atoms with van der Waals surface area (Å²) in [7, 11) is 0. The minimum Gasteiger partial charge on any atom is -0.348 e. The largest absolute Gasteiger partial charge is 0.348 e. The van der Waals surface area contributed by atoms with Crippen LogP contribution in [0.4, 0.5) is 0 Å². The number of rotatable bonds is 4. The molecule has 1 aliphatic rings. The van der Waals surface area contributed by atoms with Gasteiger partial charge in [-0.1, -0.05) is 12.1 Å². The normalized spacial score (nSPS) is 18.8. The second-order valence-corrected chi connectivity index (χ2v) is 6.31. The molecule has 2 atom stereocenters. The van der Waals surface area contributed by atoms with Gasteiger partial charge in [0.1, 0.15) is 0 Å². The van der Waals surface area contributed by atoms with Crippen molar-refractivity contribution in [2.45, 2.75) is 45.7 Å². The van der Waals surface area contributed by atoms with E-state index in [4.69, 9.17) is 0 Å². The van der Waals surface area contributed by atoms with Gasteiger partial charge in [-0.05, 0) is 63.9 Å². The van der Waals surface area contributed by atoms with Gasteiger partial charge >= 0.3 is 0 Å². The van der Waals surface area contributed by atoms with E-state index in [0.29, 0.717) is 0 Å². The molecule has 0 aliphatic carbocycles. The molecule has 5 heteroatoms. The lowest BCUT2D eigenvalue weighted by atomic mass is 10.1. The van der Waals surface area contributed by atoms with E-state index in [-0.39, 0.29) is 18.0 Å². The SMILES string of the molecule is Cc1cc(C)n(-c2ccc(C(C)NC(=O)C3CCCN3)cc2)n1. The summed E-state index contributed by atoms with van der Waals surface area (Å²) in [5.41, 5.74) is 4.26. The predicted molar refractivity (Wildman–Crippen MR) is 90.6 cm³/mol. The number of aryl methyl sites for hydroxylation is 2. The summed E-state index contributed by atoms with van der Waals surface area (Å²) < 4.78 is 1.94. The highest BCUT2D eigenvalue weighted by Gasteiger charge is 2.23. The van der Waals surface area contributed by atoms with Crippen LogP contribution in [-0.4, -0.2) is 28.3 Å². The Hall–Kier alpha value is -2.14. The molecule has 0 spiro atoms. The van der Waals surface area contributed by atoms with Gasteiger partial charge in [0, 0.05) is 5.69 Å². The summed E-state index contributed by atoms with van der Waals surface area (Å²) in [5, 5.41) is 10.8. The van der Waals surface area contributed by atoms with Crippen molar-refractivity contribution in [2.75, 3.05) is 6.54 Å². The average molecular weight is 312 g/mol. The van der Waals surface area contributed by atoms with Gasteiger partial charge < -0.3 is 10.6 Å². The molecular formula is C18H24N4O. The molecule has 3 rings (SSSR count). The summed E-state index contributed by atoms with van der Waals surface area (Å²) in [5.74, 6) is 0.0950. The van der Waals surface area contributed by atoms with Crippen molar-refractivity contribution >= 4 is 5.91 Å². The van der Waals surface area contributed by atoms with Crippen molar-refractivity contribution in [1.29, 1.82) is 0 Å². The zero-order chi connectivity index (χ0) is 16.4. The molecule has 5 nitrogen and oxygen atoms in total. The minimum absolute atomic E-state index is 0.000551. The van der Waals surface area contributed by atoms with Gasteiger partial charge in [0.2, 0.25) is 5.91 Å². The molecule has 1 aliphatic heterocycles. The molecule has 0 radical (unpaired) electrons. The first-order valence-electron chi connectivity index (χ1n) is 8.22. The Labute approximate surface area is 137 Å². The Balaban J connectivity index is 1.69. The van der Waals surface area contributed by atoms with E-state index < -0.39 is 0 Å². The molecule has 1 saturated heterocycles. The molecule has 0 saturated carbocycles. The van der Waals surface area contributed by atoms with E-state index in [1.807, 2.05) is 37.6 Å². The third-order valence-corrected chi connectivity index (χ3v) is 4.38. The Kier molecular flexibility index (Phi) is 4.48. The molecule has 2 aromatic rings. The zero-order valence-corrected chi connectivity index (χ0v) is 14.0. The lowest BCUT2D eigenvalue weighted by Crippen LogP contribution is -2.41. The number of amides is 1. The van der Waals surface area contributed by atoms with Crippen molar-refractivity contribution in [3.63, 3.8) is 0 Å². The molecule has 2 N–H and O–H groups in total. The first-order chi connectivity index (χ1) is 11.0. The number of carbonyl (C=O) groups excluding carboxylic acids is 1. The summed E-state index contributed by atoms with van der Waals surface area (Å²) in [4.78, 5) is 12.2. The molecule has 1 fully saturated rings. The van der Waals surface area contributed by atoms with Gasteiger partial charge in [0.05, 0.1) is 23.5 Å². The maximum atomic E-state index is 12.2. The summed E-state index contributed by atoms with van der Waals surface area (Å²) in [6.07, 6.45) is 2.00. The number of benzene rings is 1. The van der Waals surface area contributed by atoms with Crippen LogP contribution in [0.15, 0.2) is 30.3 Å². The Morgan fingerprint density at radius 1 is 1.35 bits per heavy atom. The third-order valence-electron chi connectivity index (χ3n) is 4.38. The van der Waals surface area contributed by atoms with Crippen molar-refractivity contribution in [3.05, 3.63) is 47.3 Å². The number of hydrogen-bond acceptors (Lipinski definition) is 3. The van der Waals surface area contributed by atoms with Crippen molar-refractivity contribution < 1.29 is 4.79 Å². The average Bonchev–Trinajstić information content (AvgIpc) is 3.17. The Morgan fingerprint density at radius 3 is 2.65 bits per heavy atom. The molecule has 1 aromatic heterocycles. The fraction of sp³-hybridized carbons (Fsp3) is 0.444. The van der Waals surface area contributed by atoms with Crippen LogP contribution in [0.2, 0.25) is 0 Å². The molecule has 23 heavy (non-hydrogen) atoms. The van der Waals surface area contributed by atoms with Crippen LogP contribution >= 0.6 is 0 Å². The number of nitrogens with zero attached hydrogens (tertiary/aromatic N) is 2. The first kappa shape index (κ1) is 15.7. The van der Waals surface area contributed by atoms with E-state index in [2.05, 4.69) is 33.9 Å². The van der Waals surface area contributed by atoms with Crippen LogP contribution in [-0.2, 0) is 4.79 Å². The van der Waals surface area contributed by atoms with Crippen molar-refractivity contribution in [3.8, 4) is 5.69 Å². The summed E-state index contributed by atoms with van der Waals surface area (Å²) in [6.45, 7) is 6.99. The van der Waals surface area contributed by atoms with Crippen LogP contribution < -0.4 is 10.6 Å². The van der Waals surface area contributed by atoms with E-state index in [0.717, 1.165) is 42.0 Å². The monoisotopic (exact) mass is 312 g/mol. The molecule has 0 bridgehead atoms. The lowest BCUT2D eigenvalue weighted by Gasteiger charge is -2.18. The molecule has 122 valence electrons. The lowest BCUT2D eigenvalue weighted by molar-refractivity contribution is -0.123. The molecule has 2 unspecified atom stereocenters. The quantitative estimate of drug-likeness (QED) is 0.911. The standard InChI is InChI=1S/C18H24N4O/c1-12-11-13(2)22(21-12)16-8-6-15(7-9-16)14(3)20-18(23)17-5-4-10-19-17/h6-9,11,14,17,19H,4-5,10H2,1-3H3,(H,20,23). The number of nitrogens with one attached hydrogen (secondary N) is 2. The smallest absolute Gasteiger partial charge is 0.237 e. The van der Waals surface area contributed by atoms with Gasteiger partial charge in [-0.3, -0.25) is 4.79 Å². The summed E-state index contributed by atoms with van der Waals surface area (Å²) in [6, 6.07) is 10.2. The Morgan fingerprint density at radius 2 is 2.09 bits per heavy atom. The number of hydrogen-bond donors (Lipinski definition) is 2. The van der Waals surface area contributed by atoms with Crippen LogP contribution in [0.5, 0.6) is 0 Å². The minimum atomic E-state index is -0.0357. The highest BCUT2D eigenvalue weighted by molar-refractivity contribution is 5.82. The van der Waals surface area contributed by atoms with E-state index in [1.165, 1.54) is 0 Å². The predicted octanol–water partition coefficient (Wildman–Crippen LogP) is 2.42. The molecule has 2 heterocycles. The van der Waals surface area contributed by atoms with Crippen LogP contribution in [0.1, 0.15) is 42.8 Å². The molecular weight excluding hydrogens is 288 g/mol. The number of carbonyl (C=O) groups is 1. The van der Waals surface area contributed by atoms with Crippen LogP contribution in [0.3, 0.4) is 0 Å². The molecule has 1 aromatic carbocycles. The van der Waals surface area contributed by atoms with Gasteiger partial charge in [-0.2, -0.15) is 5.10 Å². The van der Waals surface area contributed by atoms with Gasteiger partial charge in [-0.25, -0.2) is 4.68 Å². The topological polar surface area (TPSA) is 59.0 Å². The maximum Gasteiger partial charge on any atom is 0.237 e. The Bertz CT molecular complexity index is 684. The number of aromatic nitrogens is 2. The molecule has 1 amide bonds. The maximum absolute atomic E-state index is 12.2. The third kappa shape index (κ3) is 3.45. The highest BCUT2D eigenvalue weighted by Crippen LogP contribution is 2.18. The van der Waals surface area contributed by atoms with Crippen LogP contribution in [0, 0.1) is 13.8 Å². The van der Waals surface area contributed by atoms with E-state index in [1.54, 1.807) is 0 Å². The highest BCUT2D eigenvalue weighted by atomic mass is 16.2. The second-order valence-electron chi connectivity index (χ2n) is 6.31. The van der Waals surface area contributed by atoms with Crippen molar-refractivity contribution in [2.24, 2.45) is 0 Å². The fourth-order valence-electron chi connectivity index (χ4n) is 3.10. The van der Waals surface area contributed by atoms with E-state index >= 15 is 0 Å². The van der Waals surface area contributed by atoms with E-state index in [9.17, 15) is 4.79 Å². The zero-order valence-electron chi connectivity index (χ0n) is 14.0. The van der Waals surface area contributed by atoms with Gasteiger partial charge in [-0.15, -0.1) is 0 Å². The second kappa shape index (κ2) is 6.54. The van der Waals surface area contributed by atoms with Gasteiger partial charge in [0.15, 0.2) is 0 Å². The first-order valence-corrected chi connectivity index (χ1v) is 8.22. The summed E-state index contributed by atoms with van der Waals surface area (Å²) >= 11 is 0. The fourth-order valence-corrected chi connectivity index (χ4v) is 3.10. The van der Waals surface area contributed by atoms with Gasteiger partial charge in [0.25, 0.3) is 0 Å². The van der Waals surface area contributed by atoms with Crippen LogP contribution in [0.25, 0.3) is 5.69 Å². The van der Waals surface area contributed by atoms with Crippen molar-refractivity contribution in [1.82, 2.24) is 20.4 Å².